The fourth-order valence-electron chi connectivity index (χ4n) is 11.7. The van der Waals surface area contributed by atoms with Gasteiger partial charge in [-0.3, -0.25) is 4.57 Å². The van der Waals surface area contributed by atoms with Crippen LogP contribution >= 0.6 is 34.0 Å². The van der Waals surface area contributed by atoms with Crippen molar-refractivity contribution < 1.29 is 0 Å². The van der Waals surface area contributed by atoms with Crippen molar-refractivity contribution in [2.75, 3.05) is 5.73 Å². The average Bonchev–Trinajstić information content (AvgIpc) is 4.24. The Labute approximate surface area is 411 Å². The Morgan fingerprint density at radius 1 is 0.314 bits per heavy atom. The highest BCUT2D eigenvalue weighted by molar-refractivity contribution is 7.26. The lowest BCUT2D eigenvalue weighted by Gasteiger charge is -2.21. The molecule has 0 atom stereocenters. The summed E-state index contributed by atoms with van der Waals surface area (Å²) in [5.74, 6) is 0.587. The van der Waals surface area contributed by atoms with Crippen molar-refractivity contribution in [2.45, 2.75) is 0 Å². The first-order valence-corrected chi connectivity index (χ1v) is 25.9. The number of rotatable bonds is 4. The monoisotopic (exact) mass is 947 g/mol. The number of nitrogen functional groups attached to an aromatic ring is 1. The van der Waals surface area contributed by atoms with Crippen molar-refractivity contribution in [1.82, 2.24) is 13.7 Å². The van der Waals surface area contributed by atoms with Gasteiger partial charge in [-0.15, -0.1) is 34.0 Å². The molecule has 0 aliphatic rings. The highest BCUT2D eigenvalue weighted by atomic mass is 32.1. The molecular formula is C62H37N5S3. The molecule has 5 nitrogen and oxygen atoms in total. The van der Waals surface area contributed by atoms with E-state index in [4.69, 9.17) is 11.5 Å². The number of aromatic nitrogens is 3. The van der Waals surface area contributed by atoms with Gasteiger partial charge in [0, 0.05) is 110 Å². The second-order valence-corrected chi connectivity index (χ2v) is 21.7. The van der Waals surface area contributed by atoms with Gasteiger partial charge in [-0.05, 0) is 91.0 Å². The van der Waals surface area contributed by atoms with Crippen LogP contribution in [0.5, 0.6) is 0 Å². The van der Waals surface area contributed by atoms with E-state index in [-0.39, 0.29) is 0 Å². The summed E-state index contributed by atoms with van der Waals surface area (Å²) in [6.07, 6.45) is 0. The summed E-state index contributed by atoms with van der Waals surface area (Å²) < 4.78 is 14.6. The SMILES string of the molecule is N/C(=C(\c1cc(-n2c3ccccc3c3cc4c(cc32)sc2ccccc24)ccc1N)n1c2ccccc2c2cc3c(cc21)sc1ccccc13)n1c2ccccc2c2cc3c(cc21)sc1ccccc13. The molecule has 0 aliphatic heterocycles. The molecule has 16 rings (SSSR count). The Balaban J connectivity index is 1.05. The van der Waals surface area contributed by atoms with Crippen LogP contribution in [0.25, 0.3) is 143 Å². The van der Waals surface area contributed by atoms with E-state index in [1.54, 1.807) is 0 Å². The fraction of sp³-hybridized carbons (Fsp3) is 0. The molecule has 0 unspecified atom stereocenters. The Bertz CT molecular complexity index is 4990. The van der Waals surface area contributed by atoms with Crippen LogP contribution in [-0.2, 0) is 0 Å². The number of hydrogen-bond acceptors (Lipinski definition) is 5. The van der Waals surface area contributed by atoms with E-state index in [1.165, 1.54) is 71.3 Å². The van der Waals surface area contributed by atoms with Gasteiger partial charge in [-0.2, -0.15) is 0 Å². The molecular weight excluding hydrogens is 911 g/mol. The number of thiophene rings is 3. The highest BCUT2D eigenvalue weighted by Gasteiger charge is 2.26. The van der Waals surface area contributed by atoms with E-state index in [0.29, 0.717) is 11.5 Å². The standard InChI is InChI=1S/C62H37N5S3/c63-48-26-25-34(65-49-19-7-1-13-35(49)41-28-44-38-16-4-10-22-55(38)68-58(44)31-52(41)65)27-47(48)61(66-50-20-8-2-14-36(50)42-29-45-39-17-5-11-23-56(39)69-59(45)32-53(42)66)62(64)67-51-21-9-3-15-37(51)43-30-46-40-18-6-12-24-57(40)70-60(46)33-54(43)67/h1-33H,63-64H2/b62-61-. The third-order valence-corrected chi connectivity index (χ3v) is 18.2. The van der Waals surface area contributed by atoms with Gasteiger partial charge in [0.2, 0.25) is 0 Å². The molecule has 16 aromatic rings. The maximum absolute atomic E-state index is 8.10. The minimum atomic E-state index is 0.587. The van der Waals surface area contributed by atoms with E-state index in [0.717, 1.165) is 71.6 Å². The summed E-state index contributed by atoms with van der Waals surface area (Å²) in [6, 6.07) is 73.1. The lowest BCUT2D eigenvalue weighted by molar-refractivity contribution is 1.12. The lowest BCUT2D eigenvalue weighted by atomic mass is 10.1. The van der Waals surface area contributed by atoms with Crippen LogP contribution in [-0.4, -0.2) is 13.7 Å². The Morgan fingerprint density at radius 2 is 0.714 bits per heavy atom. The van der Waals surface area contributed by atoms with Crippen LogP contribution in [0.2, 0.25) is 0 Å². The summed E-state index contributed by atoms with van der Waals surface area (Å²) in [7, 11) is 0. The molecule has 0 saturated carbocycles. The molecule has 0 fully saturated rings. The predicted molar refractivity (Wildman–Crippen MR) is 305 cm³/mol. The third kappa shape index (κ3) is 5.19. The first-order valence-electron chi connectivity index (χ1n) is 23.5. The zero-order valence-electron chi connectivity index (χ0n) is 37.3. The van der Waals surface area contributed by atoms with Gasteiger partial charge in [0.15, 0.2) is 0 Å². The molecule has 10 aromatic carbocycles. The van der Waals surface area contributed by atoms with Crippen LogP contribution in [0, 0.1) is 0 Å². The molecule has 8 heteroatoms. The van der Waals surface area contributed by atoms with Gasteiger partial charge in [0.1, 0.15) is 5.82 Å². The van der Waals surface area contributed by atoms with E-state index in [2.05, 4.69) is 214 Å². The second kappa shape index (κ2) is 14.1. The Morgan fingerprint density at radius 3 is 1.24 bits per heavy atom. The number of fused-ring (bicyclic) bond motifs is 18. The van der Waals surface area contributed by atoms with Gasteiger partial charge in [-0.25, -0.2) is 0 Å². The zero-order chi connectivity index (χ0) is 45.9. The molecule has 0 amide bonds. The van der Waals surface area contributed by atoms with Crippen molar-refractivity contribution >= 4 is 177 Å². The van der Waals surface area contributed by atoms with E-state index < -0.39 is 0 Å². The summed E-state index contributed by atoms with van der Waals surface area (Å²) in [4.78, 5) is 0. The van der Waals surface area contributed by atoms with E-state index in [9.17, 15) is 0 Å². The molecule has 4 N–H and O–H groups in total. The normalized spacial score (nSPS) is 12.9. The molecule has 328 valence electrons. The van der Waals surface area contributed by atoms with Gasteiger partial charge < -0.3 is 20.6 Å². The van der Waals surface area contributed by atoms with Crippen molar-refractivity contribution in [3.05, 3.63) is 206 Å². The Kier molecular flexibility index (Phi) is 7.76. The molecule has 0 aliphatic carbocycles. The molecule has 70 heavy (non-hydrogen) atoms. The largest absolute Gasteiger partial charge is 0.398 e. The topological polar surface area (TPSA) is 66.8 Å². The first-order chi connectivity index (χ1) is 34.5. The van der Waals surface area contributed by atoms with Crippen LogP contribution in [0.15, 0.2) is 200 Å². The first kappa shape index (κ1) is 38.6. The van der Waals surface area contributed by atoms with Crippen LogP contribution in [0.3, 0.4) is 0 Å². The van der Waals surface area contributed by atoms with Crippen molar-refractivity contribution in [1.29, 1.82) is 0 Å². The van der Waals surface area contributed by atoms with Crippen molar-refractivity contribution in [3.63, 3.8) is 0 Å². The summed E-state index contributed by atoms with van der Waals surface area (Å²) in [5, 5.41) is 14.7. The molecule has 6 aromatic heterocycles. The summed E-state index contributed by atoms with van der Waals surface area (Å²) in [5.41, 5.74) is 25.3. The maximum atomic E-state index is 8.10. The van der Waals surface area contributed by atoms with Gasteiger partial charge in [0.25, 0.3) is 0 Å². The van der Waals surface area contributed by atoms with Crippen molar-refractivity contribution in [2.24, 2.45) is 5.73 Å². The van der Waals surface area contributed by atoms with Crippen molar-refractivity contribution in [3.8, 4) is 5.69 Å². The zero-order valence-corrected chi connectivity index (χ0v) is 39.7. The number of para-hydroxylation sites is 3. The highest BCUT2D eigenvalue weighted by Crippen LogP contribution is 2.47. The van der Waals surface area contributed by atoms with Gasteiger partial charge in [-0.1, -0.05) is 109 Å². The summed E-state index contributed by atoms with van der Waals surface area (Å²) in [6.45, 7) is 0. The lowest BCUT2D eigenvalue weighted by Crippen LogP contribution is -2.15. The quantitative estimate of drug-likeness (QED) is 0.173. The third-order valence-electron chi connectivity index (χ3n) is 14.8. The average molecular weight is 948 g/mol. The van der Waals surface area contributed by atoms with Crippen LogP contribution in [0.4, 0.5) is 5.69 Å². The molecule has 0 saturated heterocycles. The Hall–Kier alpha value is -8.40. The molecule has 0 bridgehead atoms. The second-order valence-electron chi connectivity index (χ2n) is 18.5. The maximum Gasteiger partial charge on any atom is 0.133 e. The van der Waals surface area contributed by atoms with Crippen LogP contribution < -0.4 is 11.5 Å². The predicted octanol–water partition coefficient (Wildman–Crippen LogP) is 17.5. The van der Waals surface area contributed by atoms with Crippen LogP contribution in [0.1, 0.15) is 5.56 Å². The number of nitrogens with zero attached hydrogens (tertiary/aromatic N) is 3. The smallest absolute Gasteiger partial charge is 0.133 e. The van der Waals surface area contributed by atoms with Gasteiger partial charge in [0.05, 0.1) is 38.8 Å². The number of benzene rings is 10. The minimum Gasteiger partial charge on any atom is -0.398 e. The minimum absolute atomic E-state index is 0.587. The molecule has 0 spiro atoms. The summed E-state index contributed by atoms with van der Waals surface area (Å²) >= 11 is 5.50. The molecule has 0 radical (unpaired) electrons. The van der Waals surface area contributed by atoms with E-state index in [1.807, 2.05) is 34.0 Å². The number of hydrogen-bond donors (Lipinski definition) is 2. The van der Waals surface area contributed by atoms with Gasteiger partial charge >= 0.3 is 0 Å². The number of nitrogens with two attached hydrogens (primary N) is 2. The number of anilines is 1. The van der Waals surface area contributed by atoms with E-state index >= 15 is 0 Å². The molecule has 6 heterocycles. The fourth-order valence-corrected chi connectivity index (χ4v) is 15.1.